The molecule has 5 heteroatoms. The van der Waals surface area contributed by atoms with Crippen LogP contribution in [0.3, 0.4) is 0 Å². The predicted molar refractivity (Wildman–Crippen MR) is 68.2 cm³/mol. The van der Waals surface area contributed by atoms with E-state index in [1.807, 2.05) is 43.3 Å². The molecule has 0 aliphatic carbocycles. The number of halogens is 1. The molecule has 0 aliphatic heterocycles. The third kappa shape index (κ3) is 2.00. The largest absolute Gasteiger partial charge is 0.309 e. The molecule has 0 aliphatic rings. The van der Waals surface area contributed by atoms with Gasteiger partial charge >= 0.3 is 0 Å². The summed E-state index contributed by atoms with van der Waals surface area (Å²) >= 11 is 7.83. The summed E-state index contributed by atoms with van der Waals surface area (Å²) in [6.07, 6.45) is 2.03. The van der Waals surface area contributed by atoms with Gasteiger partial charge in [0.1, 0.15) is 0 Å². The lowest BCUT2D eigenvalue weighted by Crippen LogP contribution is -2.17. The van der Waals surface area contributed by atoms with E-state index in [0.717, 1.165) is 15.6 Å². The Balaban J connectivity index is 2.44. The molecule has 2 rings (SSSR count). The van der Waals surface area contributed by atoms with Crippen LogP contribution >= 0.6 is 22.9 Å². The smallest absolute Gasteiger partial charge is 0.0717 e. The van der Waals surface area contributed by atoms with Gasteiger partial charge < -0.3 is 5.32 Å². The molecule has 0 amide bonds. The van der Waals surface area contributed by atoms with Gasteiger partial charge in [0, 0.05) is 23.7 Å². The first kappa shape index (κ1) is 11.6. The van der Waals surface area contributed by atoms with Gasteiger partial charge in [-0.1, -0.05) is 11.6 Å². The maximum atomic E-state index is 6.17. The van der Waals surface area contributed by atoms with Gasteiger partial charge in [0.25, 0.3) is 0 Å². The van der Waals surface area contributed by atoms with E-state index in [1.54, 1.807) is 11.3 Å². The van der Waals surface area contributed by atoms with Crippen molar-refractivity contribution in [2.75, 3.05) is 7.05 Å². The first-order valence-electron chi connectivity index (χ1n) is 5.03. The molecule has 3 nitrogen and oxygen atoms in total. The molecular weight excluding hydrogens is 242 g/mol. The minimum absolute atomic E-state index is 0.126. The molecule has 1 atom stereocenters. The fourth-order valence-corrected chi connectivity index (χ4v) is 3.13. The topological polar surface area (TPSA) is 29.9 Å². The average Bonchev–Trinajstić information content (AvgIpc) is 2.77. The van der Waals surface area contributed by atoms with Gasteiger partial charge in [-0.15, -0.1) is 11.3 Å². The zero-order valence-electron chi connectivity index (χ0n) is 9.49. The van der Waals surface area contributed by atoms with E-state index in [0.29, 0.717) is 0 Å². The first-order valence-corrected chi connectivity index (χ1v) is 6.29. The zero-order valence-corrected chi connectivity index (χ0v) is 11.1. The van der Waals surface area contributed by atoms with Crippen molar-refractivity contribution in [1.82, 2.24) is 15.1 Å². The summed E-state index contributed by atoms with van der Waals surface area (Å²) in [5, 5.41) is 10.5. The zero-order chi connectivity index (χ0) is 11.7. The lowest BCUT2D eigenvalue weighted by molar-refractivity contribution is 0.698. The summed E-state index contributed by atoms with van der Waals surface area (Å²) in [6, 6.07) is 2.05. The molecule has 1 unspecified atom stereocenters. The van der Waals surface area contributed by atoms with Crippen LogP contribution in [0.5, 0.6) is 0 Å². The number of hydrogen-bond acceptors (Lipinski definition) is 3. The molecule has 1 N–H and O–H groups in total. The van der Waals surface area contributed by atoms with Gasteiger partial charge in [0.15, 0.2) is 0 Å². The molecule has 0 fully saturated rings. The minimum atomic E-state index is 0.126. The van der Waals surface area contributed by atoms with Crippen LogP contribution in [0.1, 0.15) is 22.2 Å². The SMILES string of the molecule is CNC(c1cn(C)nc1C)c1sccc1Cl. The molecule has 0 bridgehead atoms. The van der Waals surface area contributed by atoms with E-state index >= 15 is 0 Å². The number of nitrogens with one attached hydrogen (secondary N) is 1. The van der Waals surface area contributed by atoms with Gasteiger partial charge in [0.05, 0.1) is 16.8 Å². The highest BCUT2D eigenvalue weighted by atomic mass is 35.5. The molecular formula is C11H14ClN3S. The Morgan fingerprint density at radius 1 is 1.56 bits per heavy atom. The van der Waals surface area contributed by atoms with Gasteiger partial charge in [-0.3, -0.25) is 4.68 Å². The van der Waals surface area contributed by atoms with Crippen LogP contribution in [0.2, 0.25) is 5.02 Å². The molecule has 0 aromatic carbocycles. The highest BCUT2D eigenvalue weighted by molar-refractivity contribution is 7.10. The van der Waals surface area contributed by atoms with Crippen molar-refractivity contribution in [3.63, 3.8) is 0 Å². The Hall–Kier alpha value is -0.840. The molecule has 2 aromatic rings. The van der Waals surface area contributed by atoms with Crippen LogP contribution in [-0.4, -0.2) is 16.8 Å². The summed E-state index contributed by atoms with van der Waals surface area (Å²) in [5.41, 5.74) is 2.21. The van der Waals surface area contributed by atoms with Gasteiger partial charge in [-0.2, -0.15) is 5.10 Å². The summed E-state index contributed by atoms with van der Waals surface area (Å²) in [7, 11) is 3.87. The predicted octanol–water partition coefficient (Wildman–Crippen LogP) is 2.75. The van der Waals surface area contributed by atoms with Crippen LogP contribution in [0.25, 0.3) is 0 Å². The van der Waals surface area contributed by atoms with Crippen molar-refractivity contribution < 1.29 is 0 Å². The lowest BCUT2D eigenvalue weighted by atomic mass is 10.1. The number of rotatable bonds is 3. The third-order valence-corrected chi connectivity index (χ3v) is 3.98. The number of hydrogen-bond donors (Lipinski definition) is 1. The third-order valence-electron chi connectivity index (χ3n) is 2.56. The molecule has 2 aromatic heterocycles. The van der Waals surface area contributed by atoms with Gasteiger partial charge in [-0.25, -0.2) is 0 Å². The van der Waals surface area contributed by atoms with Crippen LogP contribution in [0, 0.1) is 6.92 Å². The maximum Gasteiger partial charge on any atom is 0.0717 e. The summed E-state index contributed by atoms with van der Waals surface area (Å²) in [6.45, 7) is 2.02. The summed E-state index contributed by atoms with van der Waals surface area (Å²) < 4.78 is 1.83. The van der Waals surface area contributed by atoms with E-state index in [1.165, 1.54) is 5.56 Å². The molecule has 0 saturated carbocycles. The van der Waals surface area contributed by atoms with Crippen molar-refractivity contribution in [2.24, 2.45) is 7.05 Å². The fourth-order valence-electron chi connectivity index (χ4n) is 1.84. The maximum absolute atomic E-state index is 6.17. The van der Waals surface area contributed by atoms with E-state index in [-0.39, 0.29) is 6.04 Å². The van der Waals surface area contributed by atoms with E-state index in [9.17, 15) is 0 Å². The number of thiophene rings is 1. The van der Waals surface area contributed by atoms with Crippen molar-refractivity contribution in [3.8, 4) is 0 Å². The quantitative estimate of drug-likeness (QED) is 0.914. The molecule has 86 valence electrons. The second kappa shape index (κ2) is 4.57. The van der Waals surface area contributed by atoms with Crippen molar-refractivity contribution >= 4 is 22.9 Å². The Morgan fingerprint density at radius 3 is 2.75 bits per heavy atom. The van der Waals surface area contributed by atoms with Crippen molar-refractivity contribution in [1.29, 1.82) is 0 Å². The fraction of sp³-hybridized carbons (Fsp3) is 0.364. The summed E-state index contributed by atoms with van der Waals surface area (Å²) in [5.74, 6) is 0. The second-order valence-corrected chi connectivity index (χ2v) is 5.05. The highest BCUT2D eigenvalue weighted by Crippen LogP contribution is 2.33. The number of aromatic nitrogens is 2. The second-order valence-electron chi connectivity index (χ2n) is 3.70. The standard InChI is InChI=1S/C11H14ClN3S/c1-7-8(6-15(3)14-7)10(13-2)11-9(12)4-5-16-11/h4-6,10,13H,1-3H3. The van der Waals surface area contributed by atoms with Crippen molar-refractivity contribution in [3.05, 3.63) is 38.8 Å². The Bertz CT molecular complexity index is 489. The number of aryl methyl sites for hydroxylation is 2. The highest BCUT2D eigenvalue weighted by Gasteiger charge is 2.20. The monoisotopic (exact) mass is 255 g/mol. The van der Waals surface area contributed by atoms with Crippen LogP contribution in [0.15, 0.2) is 17.6 Å². The molecule has 0 saturated heterocycles. The Labute approximate surface area is 104 Å². The molecule has 2 heterocycles. The van der Waals surface area contributed by atoms with E-state index in [4.69, 9.17) is 11.6 Å². The average molecular weight is 256 g/mol. The van der Waals surface area contributed by atoms with Crippen LogP contribution in [-0.2, 0) is 7.05 Å². The molecule has 0 radical (unpaired) electrons. The van der Waals surface area contributed by atoms with Crippen molar-refractivity contribution in [2.45, 2.75) is 13.0 Å². The minimum Gasteiger partial charge on any atom is -0.309 e. The summed E-state index contributed by atoms with van der Waals surface area (Å²) in [4.78, 5) is 1.14. The molecule has 0 spiro atoms. The lowest BCUT2D eigenvalue weighted by Gasteiger charge is -2.14. The Morgan fingerprint density at radius 2 is 2.31 bits per heavy atom. The van der Waals surface area contributed by atoms with E-state index in [2.05, 4.69) is 10.4 Å². The Kier molecular flexibility index (Phi) is 3.33. The number of nitrogens with zero attached hydrogens (tertiary/aromatic N) is 2. The van der Waals surface area contributed by atoms with Crippen LogP contribution in [0.4, 0.5) is 0 Å². The van der Waals surface area contributed by atoms with Gasteiger partial charge in [0.2, 0.25) is 0 Å². The molecule has 16 heavy (non-hydrogen) atoms. The van der Waals surface area contributed by atoms with Crippen LogP contribution < -0.4 is 5.32 Å². The van der Waals surface area contributed by atoms with E-state index < -0.39 is 0 Å². The normalized spacial score (nSPS) is 13.0. The van der Waals surface area contributed by atoms with Gasteiger partial charge in [-0.05, 0) is 25.4 Å². The first-order chi connectivity index (χ1) is 7.63.